The molecule has 2 amide bonds. The molecule has 160 valence electrons. The molecule has 0 saturated carbocycles. The van der Waals surface area contributed by atoms with Crippen LogP contribution in [-0.4, -0.2) is 31.5 Å². The topological polar surface area (TPSA) is 93.7 Å². The van der Waals surface area contributed by atoms with Crippen LogP contribution in [0, 0.1) is 5.92 Å². The molecule has 0 aliphatic carbocycles. The number of rotatable bonds is 9. The van der Waals surface area contributed by atoms with E-state index in [1.807, 2.05) is 44.2 Å². The lowest BCUT2D eigenvalue weighted by Gasteiger charge is -2.22. The largest absolute Gasteiger partial charge is 0.495 e. The molecule has 0 spiro atoms. The van der Waals surface area contributed by atoms with Gasteiger partial charge in [0.2, 0.25) is 5.91 Å². The van der Waals surface area contributed by atoms with Gasteiger partial charge in [0.1, 0.15) is 5.75 Å². The maximum absolute atomic E-state index is 12.7. The van der Waals surface area contributed by atoms with Crippen LogP contribution in [0.15, 0.2) is 48.5 Å². The molecule has 0 aliphatic rings. The summed E-state index contributed by atoms with van der Waals surface area (Å²) in [6.07, 6.45) is 0.800. The summed E-state index contributed by atoms with van der Waals surface area (Å²) in [6, 6.07) is 14.3. The maximum Gasteiger partial charge on any atom is 0.314 e. The van der Waals surface area contributed by atoms with E-state index in [9.17, 15) is 14.4 Å². The lowest BCUT2D eigenvalue weighted by atomic mass is 9.86. The number of ether oxygens (including phenoxy) is 2. The van der Waals surface area contributed by atoms with E-state index in [0.717, 1.165) is 12.0 Å². The second kappa shape index (κ2) is 11.0. The number of hydrogen-bond acceptors (Lipinski definition) is 5. The monoisotopic (exact) mass is 412 g/mol. The average Bonchev–Trinajstić information content (AvgIpc) is 2.73. The summed E-state index contributed by atoms with van der Waals surface area (Å²) >= 11 is 0. The lowest BCUT2D eigenvalue weighted by Crippen LogP contribution is -2.27. The Hall–Kier alpha value is -3.35. The number of amides is 2. The highest BCUT2D eigenvalue weighted by atomic mass is 16.5. The molecule has 0 unspecified atom stereocenters. The summed E-state index contributed by atoms with van der Waals surface area (Å²) in [6.45, 7) is 4.96. The van der Waals surface area contributed by atoms with E-state index in [2.05, 4.69) is 10.6 Å². The summed E-state index contributed by atoms with van der Waals surface area (Å²) in [5.74, 6) is -1.13. The second-order valence-electron chi connectivity index (χ2n) is 7.03. The van der Waals surface area contributed by atoms with Crippen LogP contribution in [0.5, 0.6) is 5.75 Å². The van der Waals surface area contributed by atoms with Crippen molar-refractivity contribution in [3.05, 3.63) is 54.1 Å². The minimum absolute atomic E-state index is 0.0670. The Morgan fingerprint density at radius 3 is 2.33 bits per heavy atom. The highest BCUT2D eigenvalue weighted by Crippen LogP contribution is 2.29. The van der Waals surface area contributed by atoms with Crippen molar-refractivity contribution in [3.63, 3.8) is 0 Å². The highest BCUT2D eigenvalue weighted by Gasteiger charge is 2.27. The number of hydrogen-bond donors (Lipinski definition) is 2. The van der Waals surface area contributed by atoms with Crippen LogP contribution in [0.2, 0.25) is 0 Å². The van der Waals surface area contributed by atoms with Crippen LogP contribution < -0.4 is 15.4 Å². The zero-order chi connectivity index (χ0) is 22.1. The first kappa shape index (κ1) is 22.9. The summed E-state index contributed by atoms with van der Waals surface area (Å²) in [7, 11) is 1.47. The standard InChI is InChI=1S/C23H28N2O5/c1-5-15(2)22(17-9-7-6-8-10-17)23(28)30-14-21(27)25-19-13-18(24-16(3)26)11-12-20(19)29-4/h6-13,15,22H,5,14H2,1-4H3,(H,24,26)(H,25,27)/t15-,22-/m0/s1. The van der Waals surface area contributed by atoms with Crippen molar-refractivity contribution in [2.45, 2.75) is 33.1 Å². The molecule has 2 aromatic rings. The fraction of sp³-hybridized carbons (Fsp3) is 0.348. The molecule has 2 N–H and O–H groups in total. The minimum Gasteiger partial charge on any atom is -0.495 e. The smallest absolute Gasteiger partial charge is 0.314 e. The third-order valence-electron chi connectivity index (χ3n) is 4.77. The first-order chi connectivity index (χ1) is 14.3. The lowest BCUT2D eigenvalue weighted by molar-refractivity contribution is -0.150. The summed E-state index contributed by atoms with van der Waals surface area (Å²) < 4.78 is 10.6. The molecular weight excluding hydrogens is 384 g/mol. The minimum atomic E-state index is -0.502. The molecule has 2 atom stereocenters. The molecule has 0 saturated heterocycles. The van der Waals surface area contributed by atoms with Gasteiger partial charge in [0.05, 0.1) is 18.7 Å². The van der Waals surface area contributed by atoms with Crippen molar-refractivity contribution in [2.75, 3.05) is 24.4 Å². The SMILES string of the molecule is CC[C@H](C)[C@H](C(=O)OCC(=O)Nc1cc(NC(C)=O)ccc1OC)c1ccccc1. The number of esters is 1. The Bertz CT molecular complexity index is 882. The third-order valence-corrected chi connectivity index (χ3v) is 4.77. The fourth-order valence-corrected chi connectivity index (χ4v) is 3.09. The maximum atomic E-state index is 12.7. The molecule has 7 heteroatoms. The molecule has 0 heterocycles. The van der Waals surface area contributed by atoms with E-state index in [-0.39, 0.29) is 11.8 Å². The fourth-order valence-electron chi connectivity index (χ4n) is 3.09. The van der Waals surface area contributed by atoms with Crippen LogP contribution in [0.3, 0.4) is 0 Å². The van der Waals surface area contributed by atoms with Gasteiger partial charge >= 0.3 is 5.97 Å². The number of methoxy groups -OCH3 is 1. The average molecular weight is 412 g/mol. The Labute approximate surface area is 176 Å². The van der Waals surface area contributed by atoms with Crippen molar-refractivity contribution in [1.29, 1.82) is 0 Å². The number of anilines is 2. The number of benzene rings is 2. The number of carbonyl (C=O) groups is 3. The van der Waals surface area contributed by atoms with E-state index in [4.69, 9.17) is 9.47 Å². The summed E-state index contributed by atoms with van der Waals surface area (Å²) in [5, 5.41) is 5.30. The van der Waals surface area contributed by atoms with E-state index in [0.29, 0.717) is 17.1 Å². The normalized spacial score (nSPS) is 12.4. The van der Waals surface area contributed by atoms with E-state index in [1.165, 1.54) is 14.0 Å². The van der Waals surface area contributed by atoms with Gasteiger partial charge < -0.3 is 20.1 Å². The summed E-state index contributed by atoms with van der Waals surface area (Å²) in [4.78, 5) is 36.4. The van der Waals surface area contributed by atoms with Gasteiger partial charge in [-0.1, -0.05) is 50.6 Å². The molecule has 0 fully saturated rings. The molecule has 0 aromatic heterocycles. The molecular formula is C23H28N2O5. The van der Waals surface area contributed by atoms with E-state index in [1.54, 1.807) is 18.2 Å². The van der Waals surface area contributed by atoms with Gasteiger partial charge in [0, 0.05) is 12.6 Å². The van der Waals surface area contributed by atoms with Crippen LogP contribution in [0.25, 0.3) is 0 Å². The number of carbonyl (C=O) groups excluding carboxylic acids is 3. The Kier molecular flexibility index (Phi) is 8.41. The molecule has 0 bridgehead atoms. The van der Waals surface area contributed by atoms with Crippen LogP contribution in [0.1, 0.15) is 38.7 Å². The highest BCUT2D eigenvalue weighted by molar-refractivity contribution is 5.96. The molecule has 0 radical (unpaired) electrons. The Balaban J connectivity index is 2.05. The van der Waals surface area contributed by atoms with Gasteiger partial charge in [0.25, 0.3) is 5.91 Å². The molecule has 0 aliphatic heterocycles. The third kappa shape index (κ3) is 6.34. The Morgan fingerprint density at radius 1 is 1.03 bits per heavy atom. The second-order valence-corrected chi connectivity index (χ2v) is 7.03. The van der Waals surface area contributed by atoms with Crippen LogP contribution in [0.4, 0.5) is 11.4 Å². The van der Waals surface area contributed by atoms with Crippen molar-refractivity contribution in [2.24, 2.45) is 5.92 Å². The number of nitrogens with one attached hydrogen (secondary N) is 2. The van der Waals surface area contributed by atoms with Crippen molar-refractivity contribution >= 4 is 29.2 Å². The van der Waals surface area contributed by atoms with Gasteiger partial charge in [-0.25, -0.2) is 0 Å². The first-order valence-corrected chi connectivity index (χ1v) is 9.82. The van der Waals surface area contributed by atoms with E-state index < -0.39 is 24.4 Å². The van der Waals surface area contributed by atoms with Crippen LogP contribution >= 0.6 is 0 Å². The molecule has 2 rings (SSSR count). The zero-order valence-electron chi connectivity index (χ0n) is 17.7. The van der Waals surface area contributed by atoms with Gasteiger partial charge in [0.15, 0.2) is 6.61 Å². The van der Waals surface area contributed by atoms with Crippen molar-refractivity contribution in [3.8, 4) is 5.75 Å². The molecule has 7 nitrogen and oxygen atoms in total. The quantitative estimate of drug-likeness (QED) is 0.608. The van der Waals surface area contributed by atoms with Gasteiger partial charge in [-0.05, 0) is 29.7 Å². The van der Waals surface area contributed by atoms with E-state index >= 15 is 0 Å². The first-order valence-electron chi connectivity index (χ1n) is 9.82. The van der Waals surface area contributed by atoms with Crippen LogP contribution in [-0.2, 0) is 19.1 Å². The molecule has 2 aromatic carbocycles. The predicted molar refractivity (Wildman–Crippen MR) is 116 cm³/mol. The van der Waals surface area contributed by atoms with Crippen molar-refractivity contribution in [1.82, 2.24) is 0 Å². The van der Waals surface area contributed by atoms with Gasteiger partial charge in [-0.2, -0.15) is 0 Å². The molecule has 30 heavy (non-hydrogen) atoms. The zero-order valence-corrected chi connectivity index (χ0v) is 17.7. The van der Waals surface area contributed by atoms with Crippen molar-refractivity contribution < 1.29 is 23.9 Å². The Morgan fingerprint density at radius 2 is 1.73 bits per heavy atom. The van der Waals surface area contributed by atoms with Gasteiger partial charge in [-0.3, -0.25) is 14.4 Å². The predicted octanol–water partition coefficient (Wildman–Crippen LogP) is 3.97. The van der Waals surface area contributed by atoms with Gasteiger partial charge in [-0.15, -0.1) is 0 Å². The summed E-state index contributed by atoms with van der Waals surface area (Å²) in [5.41, 5.74) is 1.74.